The van der Waals surface area contributed by atoms with Gasteiger partial charge in [-0.2, -0.15) is 5.26 Å². The summed E-state index contributed by atoms with van der Waals surface area (Å²) in [6, 6.07) is 16.5. The molecular weight excluding hydrogens is 361 g/mol. The molecule has 6 heteroatoms. The fourth-order valence-corrected chi connectivity index (χ4v) is 2.71. The number of nitrogens with zero attached hydrogens (tertiary/aromatic N) is 1. The lowest BCUT2D eigenvalue weighted by Crippen LogP contribution is -2.26. The molecule has 0 unspecified atom stereocenters. The van der Waals surface area contributed by atoms with Gasteiger partial charge < -0.3 is 14.2 Å². The molecule has 142 valence electrons. The molecule has 0 saturated carbocycles. The van der Waals surface area contributed by atoms with Crippen molar-refractivity contribution in [3.05, 3.63) is 66.0 Å². The lowest BCUT2D eigenvalue weighted by atomic mass is 10.1. The van der Waals surface area contributed by atoms with Gasteiger partial charge >= 0.3 is 5.97 Å². The van der Waals surface area contributed by atoms with Crippen LogP contribution in [0, 0.1) is 17.1 Å². The van der Waals surface area contributed by atoms with E-state index in [1.54, 1.807) is 38.1 Å². The Balaban J connectivity index is 1.94. The number of hydrogen-bond acceptors (Lipinski definition) is 5. The van der Waals surface area contributed by atoms with E-state index in [1.165, 1.54) is 12.1 Å². The third-order valence-electron chi connectivity index (χ3n) is 4.05. The third kappa shape index (κ3) is 4.04. The Hall–Kier alpha value is -3.59. The second-order valence-electron chi connectivity index (χ2n) is 5.98. The number of hydrogen-bond donors (Lipinski definition) is 0. The third-order valence-corrected chi connectivity index (χ3v) is 4.05. The molecule has 0 amide bonds. The molecule has 0 saturated heterocycles. The molecule has 3 aromatic carbocycles. The van der Waals surface area contributed by atoms with Crippen LogP contribution in [0.4, 0.5) is 4.39 Å². The van der Waals surface area contributed by atoms with E-state index in [-0.39, 0.29) is 17.9 Å². The van der Waals surface area contributed by atoms with Crippen LogP contribution in [0.25, 0.3) is 10.8 Å². The van der Waals surface area contributed by atoms with Gasteiger partial charge in [-0.25, -0.2) is 9.18 Å². The van der Waals surface area contributed by atoms with Gasteiger partial charge in [-0.1, -0.05) is 24.3 Å². The zero-order chi connectivity index (χ0) is 20.1. The standard InChI is InChI=1S/C22H18FNO4/c1-3-26-22(25)14(2)27-19-8-4-7-17-16(19)6-5-9-20(17)28-21-11-10-15(13-24)12-18(21)23/h4-12,14H,3H2,1-2H3/t14-/m1/s1. The molecule has 0 heterocycles. The van der Waals surface area contributed by atoms with E-state index in [0.717, 1.165) is 6.07 Å². The van der Waals surface area contributed by atoms with Crippen LogP contribution in [0.3, 0.4) is 0 Å². The van der Waals surface area contributed by atoms with Gasteiger partial charge in [0.2, 0.25) is 0 Å². The number of carbonyl (C=O) groups is 1. The predicted octanol–water partition coefficient (Wildman–Crippen LogP) is 4.97. The first-order chi connectivity index (χ1) is 13.5. The number of halogens is 1. The Morgan fingerprint density at radius 1 is 1.07 bits per heavy atom. The summed E-state index contributed by atoms with van der Waals surface area (Å²) in [4.78, 5) is 11.8. The van der Waals surface area contributed by atoms with Gasteiger partial charge in [0.25, 0.3) is 0 Å². The Morgan fingerprint density at radius 3 is 2.39 bits per heavy atom. The molecule has 3 rings (SSSR count). The van der Waals surface area contributed by atoms with Crippen molar-refractivity contribution >= 4 is 16.7 Å². The largest absolute Gasteiger partial charge is 0.478 e. The highest BCUT2D eigenvalue weighted by atomic mass is 19.1. The van der Waals surface area contributed by atoms with Crippen LogP contribution in [0.15, 0.2) is 54.6 Å². The zero-order valence-electron chi connectivity index (χ0n) is 15.4. The summed E-state index contributed by atoms with van der Waals surface area (Å²) in [5.74, 6) is -0.150. The van der Waals surface area contributed by atoms with Crippen LogP contribution in [-0.4, -0.2) is 18.7 Å². The molecule has 3 aromatic rings. The number of carbonyl (C=O) groups excluding carboxylic acids is 1. The molecule has 5 nitrogen and oxygen atoms in total. The molecule has 0 aromatic heterocycles. The van der Waals surface area contributed by atoms with Crippen molar-refractivity contribution in [1.82, 2.24) is 0 Å². The second-order valence-corrected chi connectivity index (χ2v) is 5.98. The van der Waals surface area contributed by atoms with E-state index in [2.05, 4.69) is 0 Å². The van der Waals surface area contributed by atoms with Crippen molar-refractivity contribution in [3.63, 3.8) is 0 Å². The van der Waals surface area contributed by atoms with Crippen LogP contribution in [0.1, 0.15) is 19.4 Å². The fourth-order valence-electron chi connectivity index (χ4n) is 2.71. The monoisotopic (exact) mass is 379 g/mol. The van der Waals surface area contributed by atoms with Crippen molar-refractivity contribution in [1.29, 1.82) is 5.26 Å². The van der Waals surface area contributed by atoms with E-state index in [1.807, 2.05) is 18.2 Å². The Morgan fingerprint density at radius 2 is 1.75 bits per heavy atom. The number of fused-ring (bicyclic) bond motifs is 1. The molecule has 0 spiro atoms. The van der Waals surface area contributed by atoms with Crippen molar-refractivity contribution in [2.75, 3.05) is 6.61 Å². The maximum atomic E-state index is 14.2. The smallest absolute Gasteiger partial charge is 0.347 e. The van der Waals surface area contributed by atoms with E-state index >= 15 is 0 Å². The molecule has 1 atom stereocenters. The number of nitriles is 1. The normalized spacial score (nSPS) is 11.5. The number of rotatable bonds is 6. The summed E-state index contributed by atoms with van der Waals surface area (Å²) in [7, 11) is 0. The van der Waals surface area contributed by atoms with Gasteiger partial charge in [0, 0.05) is 10.8 Å². The Kier molecular flexibility index (Phi) is 5.75. The molecule has 0 radical (unpaired) electrons. The van der Waals surface area contributed by atoms with Crippen LogP contribution in [0.2, 0.25) is 0 Å². The highest BCUT2D eigenvalue weighted by Crippen LogP contribution is 2.35. The first-order valence-electron chi connectivity index (χ1n) is 8.76. The lowest BCUT2D eigenvalue weighted by molar-refractivity contribution is -0.150. The summed E-state index contributed by atoms with van der Waals surface area (Å²) >= 11 is 0. The summed E-state index contributed by atoms with van der Waals surface area (Å²) in [6.07, 6.45) is -0.772. The molecule has 0 fully saturated rings. The van der Waals surface area contributed by atoms with Crippen LogP contribution in [0.5, 0.6) is 17.2 Å². The molecule has 28 heavy (non-hydrogen) atoms. The van der Waals surface area contributed by atoms with Crippen molar-refractivity contribution in [2.45, 2.75) is 20.0 Å². The molecule has 0 aliphatic rings. The summed E-state index contributed by atoms with van der Waals surface area (Å²) < 4.78 is 30.7. The topological polar surface area (TPSA) is 68.6 Å². The second kappa shape index (κ2) is 8.40. The molecule has 0 aliphatic carbocycles. The summed E-state index contributed by atoms with van der Waals surface area (Å²) in [5.41, 5.74) is 0.214. The van der Waals surface area contributed by atoms with Gasteiger partial charge in [-0.05, 0) is 44.2 Å². The predicted molar refractivity (Wildman–Crippen MR) is 102 cm³/mol. The van der Waals surface area contributed by atoms with Crippen LogP contribution >= 0.6 is 0 Å². The van der Waals surface area contributed by atoms with Crippen LogP contribution in [-0.2, 0) is 9.53 Å². The minimum atomic E-state index is -0.772. The fraction of sp³-hybridized carbons (Fsp3) is 0.182. The molecule has 0 bridgehead atoms. The SMILES string of the molecule is CCOC(=O)[C@@H](C)Oc1cccc2c(Oc3ccc(C#N)cc3F)cccc12. The summed E-state index contributed by atoms with van der Waals surface area (Å²) in [5, 5.41) is 10.3. The minimum Gasteiger partial charge on any atom is -0.478 e. The molecule has 0 aliphatic heterocycles. The number of benzene rings is 3. The number of ether oxygens (including phenoxy) is 3. The Bertz CT molecular complexity index is 1060. The number of esters is 1. The zero-order valence-corrected chi connectivity index (χ0v) is 15.4. The summed E-state index contributed by atoms with van der Waals surface area (Å²) in [6.45, 7) is 3.62. The average Bonchev–Trinajstić information content (AvgIpc) is 2.70. The van der Waals surface area contributed by atoms with Crippen LogP contribution < -0.4 is 9.47 Å². The highest BCUT2D eigenvalue weighted by molar-refractivity contribution is 5.93. The van der Waals surface area contributed by atoms with E-state index < -0.39 is 17.9 Å². The average molecular weight is 379 g/mol. The van der Waals surface area contributed by atoms with Gasteiger partial charge in [0.1, 0.15) is 11.5 Å². The first kappa shape index (κ1) is 19.2. The Labute approximate surface area is 161 Å². The maximum absolute atomic E-state index is 14.2. The highest BCUT2D eigenvalue weighted by Gasteiger charge is 2.18. The van der Waals surface area contributed by atoms with Gasteiger partial charge in [0.15, 0.2) is 17.7 Å². The minimum absolute atomic E-state index is 0.0118. The quantitative estimate of drug-likeness (QED) is 0.566. The molecular formula is C22H18FNO4. The van der Waals surface area contributed by atoms with Crippen molar-refractivity contribution in [2.24, 2.45) is 0 Å². The van der Waals surface area contributed by atoms with Crippen molar-refractivity contribution in [3.8, 4) is 23.3 Å². The molecule has 0 N–H and O–H groups in total. The first-order valence-corrected chi connectivity index (χ1v) is 8.76. The van der Waals surface area contributed by atoms with E-state index in [4.69, 9.17) is 19.5 Å². The maximum Gasteiger partial charge on any atom is 0.347 e. The lowest BCUT2D eigenvalue weighted by Gasteiger charge is -2.16. The van der Waals surface area contributed by atoms with E-state index in [0.29, 0.717) is 22.3 Å². The van der Waals surface area contributed by atoms with E-state index in [9.17, 15) is 9.18 Å². The van der Waals surface area contributed by atoms with Crippen molar-refractivity contribution < 1.29 is 23.4 Å². The van der Waals surface area contributed by atoms with Gasteiger partial charge in [0.05, 0.1) is 18.2 Å². The van der Waals surface area contributed by atoms with Gasteiger partial charge in [-0.15, -0.1) is 0 Å². The van der Waals surface area contributed by atoms with Gasteiger partial charge in [-0.3, -0.25) is 0 Å².